The van der Waals surface area contributed by atoms with Crippen LogP contribution in [0.5, 0.6) is 0 Å². The number of alkyl halides is 9. The highest BCUT2D eigenvalue weighted by molar-refractivity contribution is 8.04. The van der Waals surface area contributed by atoms with Gasteiger partial charge >= 0.3 is 23.3 Å². The fourth-order valence-corrected chi connectivity index (χ4v) is 8.58. The lowest BCUT2D eigenvalue weighted by Gasteiger charge is -2.57. The number of nitrogens with one attached hydrogen (secondary N) is 1. The molecule has 4 bridgehead atoms. The van der Waals surface area contributed by atoms with Crippen LogP contribution in [0.1, 0.15) is 38.5 Å². The summed E-state index contributed by atoms with van der Waals surface area (Å²) >= 11 is 0. The van der Waals surface area contributed by atoms with E-state index in [1.54, 1.807) is 0 Å². The van der Waals surface area contributed by atoms with Crippen molar-refractivity contribution in [2.75, 3.05) is 12.9 Å². The Hall–Kier alpha value is -0.810. The first-order chi connectivity index (χ1) is 14.6. The maximum absolute atomic E-state index is 14.0. The van der Waals surface area contributed by atoms with Crippen LogP contribution >= 0.6 is 0 Å². The Kier molecular flexibility index (Phi) is 6.16. The van der Waals surface area contributed by atoms with Gasteiger partial charge in [0.1, 0.15) is 5.88 Å². The van der Waals surface area contributed by atoms with Gasteiger partial charge in [-0.2, -0.15) is 39.5 Å². The molecule has 4 saturated carbocycles. The van der Waals surface area contributed by atoms with Gasteiger partial charge in [-0.25, -0.2) is 16.8 Å². The van der Waals surface area contributed by atoms with Crippen molar-refractivity contribution in [3.63, 3.8) is 0 Å². The van der Waals surface area contributed by atoms with Crippen molar-refractivity contribution in [2.45, 2.75) is 67.3 Å². The van der Waals surface area contributed by atoms with Crippen LogP contribution in [0.2, 0.25) is 0 Å². The fraction of sp³-hybridized carbons (Fsp3) is 1.00. The molecule has 0 heterocycles. The number of nitrogens with zero attached hydrogens (tertiary/aromatic N) is 1. The number of halogens is 9. The topological polar surface area (TPSA) is 83.6 Å². The highest BCUT2D eigenvalue weighted by Gasteiger charge is 2.86. The molecular weight excluding hydrogens is 519 g/mol. The van der Waals surface area contributed by atoms with Gasteiger partial charge in [0.15, 0.2) is 0 Å². The molecule has 0 atom stereocenters. The Morgan fingerprint density at radius 1 is 0.788 bits per heavy atom. The average molecular weight is 540 g/mol. The third-order valence-corrected chi connectivity index (χ3v) is 11.0. The van der Waals surface area contributed by atoms with Gasteiger partial charge < -0.3 is 0 Å². The van der Waals surface area contributed by atoms with Crippen molar-refractivity contribution in [1.82, 2.24) is 9.03 Å². The Bertz CT molecular complexity index is 961. The summed E-state index contributed by atoms with van der Waals surface area (Å²) in [6.45, 7) is 0. The molecule has 1 N–H and O–H groups in total. The van der Waals surface area contributed by atoms with Crippen molar-refractivity contribution < 1.29 is 56.3 Å². The Balaban J connectivity index is 1.83. The lowest BCUT2D eigenvalue weighted by molar-refractivity contribution is -0.382. The second-order valence-electron chi connectivity index (χ2n) is 9.18. The molecule has 4 rings (SSSR count). The molecule has 4 aliphatic carbocycles. The maximum Gasteiger partial charge on any atom is 0.460 e. The molecule has 0 aromatic carbocycles. The van der Waals surface area contributed by atoms with Gasteiger partial charge in [0.25, 0.3) is 10.0 Å². The number of hydrogen-bond donors (Lipinski definition) is 1. The molecular formula is C16H21F9N2O4S2. The van der Waals surface area contributed by atoms with E-state index in [1.807, 2.05) is 0 Å². The molecule has 6 nitrogen and oxygen atoms in total. The summed E-state index contributed by atoms with van der Waals surface area (Å²) in [7, 11) is -12.7. The first kappa shape index (κ1) is 26.8. The summed E-state index contributed by atoms with van der Waals surface area (Å²) < 4.78 is 165. The van der Waals surface area contributed by atoms with E-state index in [9.17, 15) is 56.3 Å². The quantitative estimate of drug-likeness (QED) is 0.477. The second-order valence-corrected chi connectivity index (χ2v) is 13.4. The van der Waals surface area contributed by atoms with Crippen LogP contribution in [0.15, 0.2) is 0 Å². The average Bonchev–Trinajstić information content (AvgIpc) is 2.63. The van der Waals surface area contributed by atoms with E-state index in [1.165, 1.54) is 0 Å². The molecule has 4 aliphatic rings. The van der Waals surface area contributed by atoms with Gasteiger partial charge in [0.05, 0.1) is 0 Å². The van der Waals surface area contributed by atoms with Crippen LogP contribution in [0.3, 0.4) is 0 Å². The lowest BCUT2D eigenvalue weighted by atomic mass is 9.53. The van der Waals surface area contributed by atoms with Gasteiger partial charge in [0.2, 0.25) is 10.0 Å². The molecule has 0 spiro atoms. The van der Waals surface area contributed by atoms with E-state index in [4.69, 9.17) is 0 Å². The monoisotopic (exact) mass is 540 g/mol. The Labute approximate surface area is 184 Å². The van der Waals surface area contributed by atoms with Gasteiger partial charge in [-0.05, 0) is 56.3 Å². The second kappa shape index (κ2) is 7.59. The predicted molar refractivity (Wildman–Crippen MR) is 95.4 cm³/mol. The third kappa shape index (κ3) is 4.03. The third-order valence-electron chi connectivity index (χ3n) is 6.84. The van der Waals surface area contributed by atoms with Gasteiger partial charge in [-0.1, -0.05) is 3.71 Å². The first-order valence-electron chi connectivity index (χ1n) is 9.76. The molecule has 0 aromatic heterocycles. The SMILES string of the molecule is CN(S(=O)(=O)CNC12CC3CC(CC(C3)C1)C2)S(=O)(=O)C(F)(F)C(F)(F)C(F)(F)C(F)(F)F. The summed E-state index contributed by atoms with van der Waals surface area (Å²) in [6.07, 6.45) is -2.89. The molecule has 194 valence electrons. The molecule has 4 fully saturated rings. The van der Waals surface area contributed by atoms with Crippen LogP contribution in [0.25, 0.3) is 0 Å². The zero-order chi connectivity index (χ0) is 25.5. The molecule has 0 radical (unpaired) electrons. The van der Waals surface area contributed by atoms with E-state index < -0.39 is 58.4 Å². The van der Waals surface area contributed by atoms with Crippen molar-refractivity contribution in [3.05, 3.63) is 0 Å². The van der Waals surface area contributed by atoms with E-state index >= 15 is 0 Å². The minimum Gasteiger partial charge on any atom is -0.297 e. The van der Waals surface area contributed by atoms with Crippen LogP contribution in [0.4, 0.5) is 39.5 Å². The smallest absolute Gasteiger partial charge is 0.297 e. The number of hydrogen-bond acceptors (Lipinski definition) is 5. The molecule has 0 amide bonds. The molecule has 33 heavy (non-hydrogen) atoms. The van der Waals surface area contributed by atoms with Gasteiger partial charge in [-0.15, -0.1) is 0 Å². The zero-order valence-corrected chi connectivity index (χ0v) is 18.6. The van der Waals surface area contributed by atoms with Crippen molar-refractivity contribution >= 4 is 20.0 Å². The summed E-state index contributed by atoms with van der Waals surface area (Å²) in [5, 5.41) is -4.50. The number of sulfonamides is 2. The molecule has 17 heteroatoms. The summed E-state index contributed by atoms with van der Waals surface area (Å²) in [5.74, 6) is -15.5. The van der Waals surface area contributed by atoms with Crippen LogP contribution in [-0.2, 0) is 20.0 Å². The Morgan fingerprint density at radius 2 is 1.18 bits per heavy atom. The zero-order valence-electron chi connectivity index (χ0n) is 17.0. The van der Waals surface area contributed by atoms with Crippen LogP contribution < -0.4 is 5.32 Å². The standard InChI is InChI=1S/C16H21F9N2O4S2/c1-27(33(30,31)16(24,25)14(19,20)13(17,18)15(21,22)23)32(28,29)8-26-12-5-9-2-10(6-12)4-11(3-9)7-12/h9-11,26H,2-8H2,1H3. The van der Waals surface area contributed by atoms with Crippen LogP contribution in [0, 0.1) is 17.8 Å². The van der Waals surface area contributed by atoms with Crippen molar-refractivity contribution in [2.24, 2.45) is 17.8 Å². The highest BCUT2D eigenvalue weighted by Crippen LogP contribution is 2.56. The summed E-state index contributed by atoms with van der Waals surface area (Å²) in [5.41, 5.74) is -0.748. The fourth-order valence-electron chi connectivity index (χ4n) is 5.50. The lowest BCUT2D eigenvalue weighted by Crippen LogP contribution is -2.65. The summed E-state index contributed by atoms with van der Waals surface area (Å²) in [6, 6.07) is 0. The van der Waals surface area contributed by atoms with Gasteiger partial charge in [0, 0.05) is 12.6 Å². The minimum atomic E-state index is -7.51. The first-order valence-corrected chi connectivity index (χ1v) is 12.8. The summed E-state index contributed by atoms with van der Waals surface area (Å²) in [4.78, 5) is 0. The van der Waals surface area contributed by atoms with Gasteiger partial charge in [-0.3, -0.25) is 5.32 Å². The number of rotatable bonds is 8. The normalized spacial score (nSPS) is 31.4. The van der Waals surface area contributed by atoms with E-state index in [0.29, 0.717) is 19.3 Å². The molecule has 0 aliphatic heterocycles. The van der Waals surface area contributed by atoms with E-state index in [0.717, 1.165) is 19.3 Å². The van der Waals surface area contributed by atoms with Crippen molar-refractivity contribution in [1.29, 1.82) is 0 Å². The van der Waals surface area contributed by atoms with E-state index in [-0.39, 0.29) is 24.8 Å². The maximum atomic E-state index is 14.0. The largest absolute Gasteiger partial charge is 0.460 e. The highest BCUT2D eigenvalue weighted by atomic mass is 32.3. The molecule has 0 unspecified atom stereocenters. The molecule has 0 saturated heterocycles. The molecule has 0 aromatic rings. The minimum absolute atomic E-state index is 0.123. The van der Waals surface area contributed by atoms with Crippen molar-refractivity contribution in [3.8, 4) is 0 Å². The van der Waals surface area contributed by atoms with E-state index in [2.05, 4.69) is 5.32 Å². The van der Waals surface area contributed by atoms with Crippen LogP contribution in [-0.4, -0.2) is 62.3 Å². The predicted octanol–water partition coefficient (Wildman–Crippen LogP) is 3.52. The Morgan fingerprint density at radius 3 is 1.55 bits per heavy atom.